The van der Waals surface area contributed by atoms with Crippen LogP contribution in [0, 0.1) is 0 Å². The number of fused-ring (bicyclic) bond motifs is 1. The van der Waals surface area contributed by atoms with Crippen LogP contribution >= 0.6 is 15.9 Å². The standard InChI is InChI=1S/C15H15BrO3/c1-15(2)8-11-7-12(16)6-10(13(11)19-15)5-9-3-4-18-14(9)17/h5-7H,3-4,8H2,1-2H3/b9-5+. The Morgan fingerprint density at radius 1 is 1.37 bits per heavy atom. The van der Waals surface area contributed by atoms with Crippen molar-refractivity contribution in [2.45, 2.75) is 32.3 Å². The maximum Gasteiger partial charge on any atom is 0.334 e. The number of rotatable bonds is 1. The minimum absolute atomic E-state index is 0.188. The molecule has 0 atom stereocenters. The molecular formula is C15H15BrO3. The monoisotopic (exact) mass is 322 g/mol. The predicted octanol–water partition coefficient (Wildman–Crippen LogP) is 3.49. The first-order valence-electron chi connectivity index (χ1n) is 6.34. The van der Waals surface area contributed by atoms with Gasteiger partial charge < -0.3 is 9.47 Å². The van der Waals surface area contributed by atoms with E-state index in [2.05, 4.69) is 35.8 Å². The highest BCUT2D eigenvalue weighted by atomic mass is 79.9. The zero-order valence-corrected chi connectivity index (χ0v) is 12.5. The number of carbonyl (C=O) groups excluding carboxylic acids is 1. The number of esters is 1. The summed E-state index contributed by atoms with van der Waals surface area (Å²) in [6, 6.07) is 4.07. The molecule has 0 amide bonds. The summed E-state index contributed by atoms with van der Waals surface area (Å²) in [5.41, 5.74) is 2.65. The third-order valence-corrected chi connectivity index (χ3v) is 3.81. The molecule has 0 radical (unpaired) electrons. The maximum atomic E-state index is 11.5. The molecule has 19 heavy (non-hydrogen) atoms. The van der Waals surface area contributed by atoms with Crippen LogP contribution in [-0.2, 0) is 16.0 Å². The quantitative estimate of drug-likeness (QED) is 0.586. The summed E-state index contributed by atoms with van der Waals surface area (Å²) < 4.78 is 12.0. The van der Waals surface area contributed by atoms with Crippen molar-refractivity contribution in [2.75, 3.05) is 6.61 Å². The SMILES string of the molecule is CC1(C)Cc2cc(Br)cc(/C=C3\CCOC3=O)c2O1. The number of cyclic esters (lactones) is 1. The summed E-state index contributed by atoms with van der Waals surface area (Å²) >= 11 is 3.52. The molecule has 0 aromatic heterocycles. The topological polar surface area (TPSA) is 35.5 Å². The molecule has 0 spiro atoms. The van der Waals surface area contributed by atoms with E-state index in [9.17, 15) is 4.79 Å². The summed E-state index contributed by atoms with van der Waals surface area (Å²) in [7, 11) is 0. The van der Waals surface area contributed by atoms with Crippen LogP contribution in [0.15, 0.2) is 22.2 Å². The molecule has 0 aliphatic carbocycles. The summed E-state index contributed by atoms with van der Waals surface area (Å²) in [6.07, 6.45) is 3.44. The molecule has 0 unspecified atom stereocenters. The van der Waals surface area contributed by atoms with E-state index < -0.39 is 0 Å². The van der Waals surface area contributed by atoms with Gasteiger partial charge in [0.15, 0.2) is 0 Å². The molecule has 1 saturated heterocycles. The lowest BCUT2D eigenvalue weighted by Gasteiger charge is -2.17. The molecule has 4 heteroatoms. The van der Waals surface area contributed by atoms with Gasteiger partial charge in [-0.2, -0.15) is 0 Å². The summed E-state index contributed by atoms with van der Waals surface area (Å²) in [5.74, 6) is 0.673. The Bertz CT molecular complexity index is 587. The van der Waals surface area contributed by atoms with Gasteiger partial charge in [0.1, 0.15) is 11.4 Å². The molecule has 3 nitrogen and oxygen atoms in total. The molecule has 1 fully saturated rings. The van der Waals surface area contributed by atoms with E-state index >= 15 is 0 Å². The minimum Gasteiger partial charge on any atom is -0.487 e. The minimum atomic E-state index is -0.217. The average Bonchev–Trinajstić information content (AvgIpc) is 2.81. The summed E-state index contributed by atoms with van der Waals surface area (Å²) in [4.78, 5) is 11.5. The lowest BCUT2D eigenvalue weighted by Crippen LogP contribution is -2.24. The predicted molar refractivity (Wildman–Crippen MR) is 76.1 cm³/mol. The fourth-order valence-corrected chi connectivity index (χ4v) is 3.10. The van der Waals surface area contributed by atoms with Crippen molar-refractivity contribution >= 4 is 28.0 Å². The van der Waals surface area contributed by atoms with Gasteiger partial charge in [-0.05, 0) is 37.6 Å². The molecule has 0 bridgehead atoms. The second-order valence-corrected chi connectivity index (χ2v) is 6.49. The molecular weight excluding hydrogens is 308 g/mol. The van der Waals surface area contributed by atoms with Crippen molar-refractivity contribution < 1.29 is 14.3 Å². The van der Waals surface area contributed by atoms with E-state index in [1.165, 1.54) is 5.56 Å². The van der Waals surface area contributed by atoms with Gasteiger partial charge in [0.25, 0.3) is 0 Å². The van der Waals surface area contributed by atoms with Gasteiger partial charge in [-0.1, -0.05) is 15.9 Å². The Morgan fingerprint density at radius 2 is 2.16 bits per heavy atom. The Morgan fingerprint density at radius 3 is 2.84 bits per heavy atom. The van der Waals surface area contributed by atoms with Gasteiger partial charge in [0.2, 0.25) is 0 Å². The summed E-state index contributed by atoms with van der Waals surface area (Å²) in [6.45, 7) is 4.62. The zero-order chi connectivity index (χ0) is 13.6. The van der Waals surface area contributed by atoms with Gasteiger partial charge in [0, 0.05) is 28.5 Å². The molecule has 2 aliphatic rings. The van der Waals surface area contributed by atoms with Crippen LogP contribution in [0.4, 0.5) is 0 Å². The normalized spacial score (nSPS) is 22.3. The first-order chi connectivity index (χ1) is 8.94. The number of carbonyl (C=O) groups is 1. The smallest absolute Gasteiger partial charge is 0.334 e. The van der Waals surface area contributed by atoms with Crippen molar-refractivity contribution in [3.63, 3.8) is 0 Å². The highest BCUT2D eigenvalue weighted by Crippen LogP contribution is 2.40. The Labute approximate surface area is 120 Å². The van der Waals surface area contributed by atoms with Crippen LogP contribution in [0.1, 0.15) is 31.4 Å². The fourth-order valence-electron chi connectivity index (χ4n) is 2.57. The van der Waals surface area contributed by atoms with E-state index in [1.807, 2.05) is 12.1 Å². The number of halogens is 1. The Kier molecular flexibility index (Phi) is 2.93. The molecule has 2 aliphatic heterocycles. The fraction of sp³-hybridized carbons (Fsp3) is 0.400. The first-order valence-corrected chi connectivity index (χ1v) is 7.13. The zero-order valence-electron chi connectivity index (χ0n) is 11.0. The lowest BCUT2D eigenvalue weighted by molar-refractivity contribution is -0.134. The number of ether oxygens (including phenoxy) is 2. The van der Waals surface area contributed by atoms with Gasteiger partial charge in [-0.25, -0.2) is 4.79 Å². The van der Waals surface area contributed by atoms with E-state index in [-0.39, 0.29) is 11.6 Å². The molecule has 100 valence electrons. The molecule has 1 aromatic carbocycles. The van der Waals surface area contributed by atoms with Crippen molar-refractivity contribution in [2.24, 2.45) is 0 Å². The highest BCUT2D eigenvalue weighted by Gasteiger charge is 2.32. The average molecular weight is 323 g/mol. The number of benzene rings is 1. The van der Waals surface area contributed by atoms with E-state index in [4.69, 9.17) is 9.47 Å². The van der Waals surface area contributed by atoms with Crippen molar-refractivity contribution in [3.05, 3.63) is 33.3 Å². The molecule has 0 N–H and O–H groups in total. The first kappa shape index (κ1) is 12.7. The van der Waals surface area contributed by atoms with Gasteiger partial charge in [0.05, 0.1) is 6.61 Å². The van der Waals surface area contributed by atoms with Crippen LogP contribution in [-0.4, -0.2) is 18.2 Å². The molecule has 3 rings (SSSR count). The number of hydrogen-bond acceptors (Lipinski definition) is 3. The van der Waals surface area contributed by atoms with Crippen LogP contribution in [0.2, 0.25) is 0 Å². The second kappa shape index (κ2) is 4.37. The third kappa shape index (κ3) is 2.41. The van der Waals surface area contributed by atoms with Gasteiger partial charge in [-0.15, -0.1) is 0 Å². The van der Waals surface area contributed by atoms with Crippen LogP contribution in [0.25, 0.3) is 6.08 Å². The molecule has 1 aromatic rings. The highest BCUT2D eigenvalue weighted by molar-refractivity contribution is 9.10. The van der Waals surface area contributed by atoms with Crippen LogP contribution < -0.4 is 4.74 Å². The summed E-state index contributed by atoms with van der Waals surface area (Å²) in [5, 5.41) is 0. The van der Waals surface area contributed by atoms with Gasteiger partial charge in [-0.3, -0.25) is 0 Å². The molecule has 0 saturated carbocycles. The van der Waals surface area contributed by atoms with Gasteiger partial charge >= 0.3 is 5.97 Å². The molecule has 2 heterocycles. The Hall–Kier alpha value is -1.29. The number of hydrogen-bond donors (Lipinski definition) is 0. The second-order valence-electron chi connectivity index (χ2n) is 5.58. The Balaban J connectivity index is 2.06. The third-order valence-electron chi connectivity index (χ3n) is 3.35. The van der Waals surface area contributed by atoms with E-state index in [1.54, 1.807) is 0 Å². The lowest BCUT2D eigenvalue weighted by atomic mass is 10.00. The van der Waals surface area contributed by atoms with Crippen LogP contribution in [0.5, 0.6) is 5.75 Å². The van der Waals surface area contributed by atoms with Crippen molar-refractivity contribution in [1.82, 2.24) is 0 Å². The van der Waals surface area contributed by atoms with Crippen molar-refractivity contribution in [3.8, 4) is 5.75 Å². The largest absolute Gasteiger partial charge is 0.487 e. The van der Waals surface area contributed by atoms with E-state index in [0.717, 1.165) is 22.2 Å². The van der Waals surface area contributed by atoms with Crippen molar-refractivity contribution in [1.29, 1.82) is 0 Å². The van der Waals surface area contributed by atoms with E-state index in [0.29, 0.717) is 18.6 Å². The van der Waals surface area contributed by atoms with Crippen LogP contribution in [0.3, 0.4) is 0 Å². The maximum absolute atomic E-state index is 11.5.